The highest BCUT2D eigenvalue weighted by Crippen LogP contribution is 2.31. The number of aromatic nitrogens is 2. The summed E-state index contributed by atoms with van der Waals surface area (Å²) in [6.07, 6.45) is 3.74. The Kier molecular flexibility index (Phi) is 7.53. The lowest BCUT2D eigenvalue weighted by molar-refractivity contribution is -0.00257. The summed E-state index contributed by atoms with van der Waals surface area (Å²) in [5.41, 5.74) is 3.05. The number of ether oxygens (including phenoxy) is 4. The van der Waals surface area contributed by atoms with Crippen molar-refractivity contribution in [3.05, 3.63) is 53.2 Å². The summed E-state index contributed by atoms with van der Waals surface area (Å²) in [6, 6.07) is 9.37. The smallest absolute Gasteiger partial charge is 0.141 e. The van der Waals surface area contributed by atoms with Crippen molar-refractivity contribution in [3.63, 3.8) is 0 Å². The Bertz CT molecular complexity index is 894. The summed E-state index contributed by atoms with van der Waals surface area (Å²) in [6.45, 7) is 1.86. The zero-order chi connectivity index (χ0) is 20.5. The minimum Gasteiger partial charge on any atom is -0.493 e. The average molecular weight is 396 g/mol. The van der Waals surface area contributed by atoms with Crippen LogP contribution in [0.3, 0.4) is 0 Å². The first-order chi connectivity index (χ1) is 14.2. The van der Waals surface area contributed by atoms with Gasteiger partial charge in [-0.05, 0) is 24.3 Å². The molecule has 0 amide bonds. The maximum absolute atomic E-state index is 9.11. The van der Waals surface area contributed by atoms with Gasteiger partial charge in [0.25, 0.3) is 0 Å². The summed E-state index contributed by atoms with van der Waals surface area (Å²) in [4.78, 5) is 8.81. The third-order valence-electron chi connectivity index (χ3n) is 4.37. The second-order valence-electron chi connectivity index (χ2n) is 6.34. The van der Waals surface area contributed by atoms with Gasteiger partial charge in [-0.15, -0.1) is 0 Å². The molecule has 1 N–H and O–H groups in total. The Morgan fingerprint density at radius 3 is 2.76 bits per heavy atom. The highest BCUT2D eigenvalue weighted by Gasteiger charge is 2.27. The topological polar surface area (TPSA) is 98.5 Å². The molecule has 8 nitrogen and oxygen atoms in total. The molecule has 1 unspecified atom stereocenters. The van der Waals surface area contributed by atoms with Crippen molar-refractivity contribution in [2.45, 2.75) is 12.5 Å². The number of fused-ring (bicyclic) bond motifs is 1. The van der Waals surface area contributed by atoms with Crippen LogP contribution in [0.2, 0.25) is 0 Å². The van der Waals surface area contributed by atoms with Gasteiger partial charge in [-0.2, -0.15) is 5.26 Å². The number of anilines is 2. The summed E-state index contributed by atoms with van der Waals surface area (Å²) >= 11 is 0. The first-order valence-corrected chi connectivity index (χ1v) is 9.30. The summed E-state index contributed by atoms with van der Waals surface area (Å²) in [5.74, 6) is 1.35. The van der Waals surface area contributed by atoms with E-state index < -0.39 is 0 Å². The summed E-state index contributed by atoms with van der Waals surface area (Å²) < 4.78 is 22.0. The van der Waals surface area contributed by atoms with Crippen LogP contribution in [0.25, 0.3) is 6.08 Å². The first-order valence-electron chi connectivity index (χ1n) is 9.30. The fraction of sp³-hybridized carbons (Fsp3) is 0.381. The van der Waals surface area contributed by atoms with Gasteiger partial charge < -0.3 is 24.3 Å². The van der Waals surface area contributed by atoms with Crippen molar-refractivity contribution >= 4 is 17.6 Å². The van der Waals surface area contributed by atoms with E-state index in [0.29, 0.717) is 50.0 Å². The maximum Gasteiger partial charge on any atom is 0.141 e. The Hall–Kier alpha value is -2.99. The minimum atomic E-state index is -0.251. The van der Waals surface area contributed by atoms with Gasteiger partial charge in [0, 0.05) is 31.9 Å². The van der Waals surface area contributed by atoms with Gasteiger partial charge in [-0.3, -0.25) is 0 Å². The lowest BCUT2D eigenvalue weighted by atomic mass is 9.99. The molecule has 1 heterocycles. The Morgan fingerprint density at radius 1 is 1.14 bits per heavy atom. The second-order valence-corrected chi connectivity index (χ2v) is 6.34. The van der Waals surface area contributed by atoms with E-state index in [1.54, 1.807) is 26.4 Å². The summed E-state index contributed by atoms with van der Waals surface area (Å²) in [5, 5.41) is 12.4. The molecule has 0 aliphatic heterocycles. The molecule has 1 aliphatic rings. The van der Waals surface area contributed by atoms with E-state index in [1.165, 1.54) is 6.33 Å². The standard InChI is InChI=1S/C21H24N4O4/c1-26-6-8-28-19-11-17-18(12-20(19)29-9-7-27-2)23-14-24-21(17)25-16-5-3-4-15(10-16)13-22/h3-5,10-11,14,20H,6-9,12H2,1-2H3,(H,23,24,25). The lowest BCUT2D eigenvalue weighted by Crippen LogP contribution is -2.27. The predicted octanol–water partition coefficient (Wildman–Crippen LogP) is 2.68. The molecule has 0 radical (unpaired) electrons. The number of hydrogen-bond donors (Lipinski definition) is 1. The molecule has 2 aromatic rings. The number of nitriles is 1. The molecule has 0 fully saturated rings. The molecule has 1 aromatic carbocycles. The largest absolute Gasteiger partial charge is 0.493 e. The zero-order valence-electron chi connectivity index (χ0n) is 16.6. The van der Waals surface area contributed by atoms with Gasteiger partial charge in [0.1, 0.15) is 30.6 Å². The fourth-order valence-electron chi connectivity index (χ4n) is 2.95. The van der Waals surface area contributed by atoms with Gasteiger partial charge >= 0.3 is 0 Å². The number of benzene rings is 1. The minimum absolute atomic E-state index is 0.251. The number of methoxy groups -OCH3 is 2. The Labute approximate surface area is 170 Å². The van der Waals surface area contributed by atoms with Crippen LogP contribution < -0.4 is 5.32 Å². The van der Waals surface area contributed by atoms with E-state index in [9.17, 15) is 0 Å². The molecule has 1 aromatic heterocycles. The number of hydrogen-bond acceptors (Lipinski definition) is 8. The van der Waals surface area contributed by atoms with E-state index in [0.717, 1.165) is 16.9 Å². The molecule has 0 bridgehead atoms. The van der Waals surface area contributed by atoms with Crippen molar-refractivity contribution in [3.8, 4) is 6.07 Å². The Balaban J connectivity index is 1.86. The molecule has 1 aliphatic carbocycles. The zero-order valence-corrected chi connectivity index (χ0v) is 16.6. The fourth-order valence-corrected chi connectivity index (χ4v) is 2.95. The van der Waals surface area contributed by atoms with Crippen molar-refractivity contribution in [2.24, 2.45) is 0 Å². The molecule has 1 atom stereocenters. The number of nitrogens with one attached hydrogen (secondary N) is 1. The molecular weight excluding hydrogens is 372 g/mol. The van der Waals surface area contributed by atoms with E-state index in [1.807, 2.05) is 18.2 Å². The van der Waals surface area contributed by atoms with Gasteiger partial charge in [-0.25, -0.2) is 9.97 Å². The average Bonchev–Trinajstić information content (AvgIpc) is 2.75. The van der Waals surface area contributed by atoms with Gasteiger partial charge in [0.2, 0.25) is 0 Å². The second kappa shape index (κ2) is 10.5. The van der Waals surface area contributed by atoms with Gasteiger partial charge in [0.05, 0.1) is 37.1 Å². The third kappa shape index (κ3) is 5.51. The lowest BCUT2D eigenvalue weighted by Gasteiger charge is -2.26. The third-order valence-corrected chi connectivity index (χ3v) is 4.37. The van der Waals surface area contributed by atoms with Gasteiger partial charge in [-0.1, -0.05) is 6.07 Å². The van der Waals surface area contributed by atoms with Crippen molar-refractivity contribution in [1.82, 2.24) is 9.97 Å². The number of rotatable bonds is 10. The van der Waals surface area contributed by atoms with Crippen LogP contribution in [0.5, 0.6) is 0 Å². The van der Waals surface area contributed by atoms with E-state index in [-0.39, 0.29) is 6.10 Å². The normalized spacial score (nSPS) is 15.2. The molecule has 152 valence electrons. The van der Waals surface area contributed by atoms with E-state index >= 15 is 0 Å². The van der Waals surface area contributed by atoms with E-state index in [4.69, 9.17) is 24.2 Å². The first kappa shape index (κ1) is 20.7. The quantitative estimate of drug-likeness (QED) is 0.612. The summed E-state index contributed by atoms with van der Waals surface area (Å²) in [7, 11) is 3.27. The highest BCUT2D eigenvalue weighted by atomic mass is 16.6. The molecule has 0 spiro atoms. The van der Waals surface area contributed by atoms with Crippen LogP contribution in [-0.4, -0.2) is 56.7 Å². The molecule has 8 heteroatoms. The van der Waals surface area contributed by atoms with Crippen LogP contribution in [0, 0.1) is 11.3 Å². The predicted molar refractivity (Wildman–Crippen MR) is 108 cm³/mol. The molecule has 0 saturated heterocycles. The molecule has 29 heavy (non-hydrogen) atoms. The van der Waals surface area contributed by atoms with Crippen LogP contribution in [0.4, 0.5) is 11.5 Å². The molecular formula is C21H24N4O4. The van der Waals surface area contributed by atoms with Crippen molar-refractivity contribution < 1.29 is 18.9 Å². The van der Waals surface area contributed by atoms with Crippen LogP contribution in [0.15, 0.2) is 36.4 Å². The maximum atomic E-state index is 9.11. The monoisotopic (exact) mass is 396 g/mol. The van der Waals surface area contributed by atoms with Crippen molar-refractivity contribution in [1.29, 1.82) is 5.26 Å². The van der Waals surface area contributed by atoms with Crippen LogP contribution in [0.1, 0.15) is 16.8 Å². The van der Waals surface area contributed by atoms with Crippen LogP contribution >= 0.6 is 0 Å². The SMILES string of the molecule is COCCOC1=Cc2c(ncnc2Nc2cccc(C#N)c2)CC1OCCOC. The Morgan fingerprint density at radius 2 is 1.97 bits per heavy atom. The van der Waals surface area contributed by atoms with E-state index in [2.05, 4.69) is 21.4 Å². The molecule has 0 saturated carbocycles. The van der Waals surface area contributed by atoms with Crippen LogP contribution in [-0.2, 0) is 25.4 Å². The highest BCUT2D eigenvalue weighted by molar-refractivity contribution is 5.72. The van der Waals surface area contributed by atoms with Crippen molar-refractivity contribution in [2.75, 3.05) is 46.0 Å². The van der Waals surface area contributed by atoms with Gasteiger partial charge in [0.15, 0.2) is 0 Å². The number of nitrogens with zero attached hydrogens (tertiary/aromatic N) is 3. The molecule has 3 rings (SSSR count).